The molecule has 1 aliphatic heterocycles. The minimum Gasteiger partial charge on any atom is -0.338 e. The fraction of sp³-hybridized carbons (Fsp3) is 0.500. The molecule has 0 unspecified atom stereocenters. The van der Waals surface area contributed by atoms with Gasteiger partial charge < -0.3 is 10.2 Å². The predicted octanol–water partition coefficient (Wildman–Crippen LogP) is 2.22. The molecular weight excluding hydrogens is 326 g/mol. The summed E-state index contributed by atoms with van der Waals surface area (Å²) in [4.78, 5) is 15.8. The van der Waals surface area contributed by atoms with Crippen molar-refractivity contribution < 1.29 is 4.79 Å². The Kier molecular flexibility index (Phi) is 6.28. The Bertz CT molecular complexity index is 697. The standard InChI is InChI=1S/C20H29N5O/c1-23(2)20(26)21-11-8-18-14-24(13-10-17-6-4-3-5-7-17)16-19-9-12-22-25(19)15-18/h3-7,9,12,18H,8,10-11,13-16H2,1-2H3,(H,21,26)/t18-/m0/s1. The Morgan fingerprint density at radius 2 is 2.04 bits per heavy atom. The minimum atomic E-state index is -0.0284. The van der Waals surface area contributed by atoms with Gasteiger partial charge in [-0.15, -0.1) is 0 Å². The van der Waals surface area contributed by atoms with Crippen LogP contribution < -0.4 is 5.32 Å². The summed E-state index contributed by atoms with van der Waals surface area (Å²) in [5.41, 5.74) is 2.65. The van der Waals surface area contributed by atoms with Crippen molar-refractivity contribution in [3.63, 3.8) is 0 Å². The van der Waals surface area contributed by atoms with Crippen LogP contribution in [0.1, 0.15) is 17.7 Å². The van der Waals surface area contributed by atoms with E-state index in [-0.39, 0.29) is 6.03 Å². The second kappa shape index (κ2) is 8.85. The first-order valence-electron chi connectivity index (χ1n) is 9.34. The van der Waals surface area contributed by atoms with Gasteiger partial charge in [0.25, 0.3) is 0 Å². The summed E-state index contributed by atoms with van der Waals surface area (Å²) < 4.78 is 2.13. The molecule has 1 N–H and O–H groups in total. The SMILES string of the molecule is CN(C)C(=O)NCC[C@H]1CN(CCc2ccccc2)Cc2ccnn2C1. The average molecular weight is 355 g/mol. The van der Waals surface area contributed by atoms with Crippen LogP contribution in [0.5, 0.6) is 0 Å². The molecule has 0 saturated carbocycles. The molecule has 1 aromatic heterocycles. The number of aromatic nitrogens is 2. The highest BCUT2D eigenvalue weighted by molar-refractivity contribution is 5.73. The number of nitrogens with one attached hydrogen (secondary N) is 1. The van der Waals surface area contributed by atoms with Gasteiger partial charge in [-0.25, -0.2) is 4.79 Å². The molecule has 2 amide bonds. The van der Waals surface area contributed by atoms with Gasteiger partial charge in [-0.1, -0.05) is 30.3 Å². The number of rotatable bonds is 6. The van der Waals surface area contributed by atoms with Gasteiger partial charge in [0.1, 0.15) is 0 Å². The van der Waals surface area contributed by atoms with Crippen LogP contribution in [0, 0.1) is 5.92 Å². The Balaban J connectivity index is 1.58. The third-order valence-corrected chi connectivity index (χ3v) is 4.93. The maximum atomic E-state index is 11.7. The number of hydrogen-bond donors (Lipinski definition) is 1. The van der Waals surface area contributed by atoms with Gasteiger partial charge in [0.15, 0.2) is 0 Å². The van der Waals surface area contributed by atoms with E-state index in [0.29, 0.717) is 12.5 Å². The molecule has 26 heavy (non-hydrogen) atoms. The number of benzene rings is 1. The van der Waals surface area contributed by atoms with Gasteiger partial charge in [0.05, 0.1) is 5.69 Å². The van der Waals surface area contributed by atoms with Crippen molar-refractivity contribution in [2.75, 3.05) is 33.7 Å². The topological polar surface area (TPSA) is 53.4 Å². The van der Waals surface area contributed by atoms with E-state index in [4.69, 9.17) is 0 Å². The van der Waals surface area contributed by atoms with Crippen LogP contribution in [0.15, 0.2) is 42.6 Å². The summed E-state index contributed by atoms with van der Waals surface area (Å²) in [6.07, 6.45) is 3.90. The zero-order chi connectivity index (χ0) is 18.4. The molecule has 2 heterocycles. The molecule has 1 atom stereocenters. The number of carbonyl (C=O) groups excluding carboxylic acids is 1. The maximum absolute atomic E-state index is 11.7. The van der Waals surface area contributed by atoms with E-state index >= 15 is 0 Å². The smallest absolute Gasteiger partial charge is 0.316 e. The van der Waals surface area contributed by atoms with Gasteiger partial charge >= 0.3 is 6.03 Å². The summed E-state index contributed by atoms with van der Waals surface area (Å²) in [5, 5.41) is 7.46. The summed E-state index contributed by atoms with van der Waals surface area (Å²) in [6, 6.07) is 12.7. The minimum absolute atomic E-state index is 0.0284. The number of amides is 2. The van der Waals surface area contributed by atoms with Gasteiger partial charge in [-0.05, 0) is 30.4 Å². The Morgan fingerprint density at radius 1 is 1.23 bits per heavy atom. The van der Waals surface area contributed by atoms with Crippen molar-refractivity contribution in [2.45, 2.75) is 25.9 Å². The highest BCUT2D eigenvalue weighted by Crippen LogP contribution is 2.18. The number of nitrogens with zero attached hydrogens (tertiary/aromatic N) is 4. The van der Waals surface area contributed by atoms with Crippen molar-refractivity contribution in [2.24, 2.45) is 5.92 Å². The third kappa shape index (κ3) is 5.08. The number of fused-ring (bicyclic) bond motifs is 1. The highest BCUT2D eigenvalue weighted by atomic mass is 16.2. The fourth-order valence-electron chi connectivity index (χ4n) is 3.45. The second-order valence-corrected chi connectivity index (χ2v) is 7.26. The van der Waals surface area contributed by atoms with E-state index in [9.17, 15) is 4.79 Å². The van der Waals surface area contributed by atoms with Gasteiger partial charge in [-0.3, -0.25) is 9.58 Å². The highest BCUT2D eigenvalue weighted by Gasteiger charge is 2.22. The van der Waals surface area contributed by atoms with Crippen LogP contribution in [-0.4, -0.2) is 59.3 Å². The largest absolute Gasteiger partial charge is 0.338 e. The van der Waals surface area contributed by atoms with Gasteiger partial charge in [-0.2, -0.15) is 5.10 Å². The molecule has 1 aromatic carbocycles. The summed E-state index contributed by atoms with van der Waals surface area (Å²) >= 11 is 0. The van der Waals surface area contributed by atoms with Crippen molar-refractivity contribution >= 4 is 6.03 Å². The monoisotopic (exact) mass is 355 g/mol. The normalized spacial score (nSPS) is 17.4. The second-order valence-electron chi connectivity index (χ2n) is 7.26. The van der Waals surface area contributed by atoms with Crippen LogP contribution in [0.2, 0.25) is 0 Å². The lowest BCUT2D eigenvalue weighted by Crippen LogP contribution is -2.37. The molecule has 0 saturated heterocycles. The van der Waals surface area contributed by atoms with Crippen LogP contribution in [0.3, 0.4) is 0 Å². The lowest BCUT2D eigenvalue weighted by Gasteiger charge is -2.24. The van der Waals surface area contributed by atoms with Crippen LogP contribution >= 0.6 is 0 Å². The van der Waals surface area contributed by atoms with Crippen LogP contribution in [0.25, 0.3) is 0 Å². The van der Waals surface area contributed by atoms with Crippen LogP contribution in [0.4, 0.5) is 4.79 Å². The Hall–Kier alpha value is -2.34. The molecule has 0 fully saturated rings. The number of urea groups is 1. The molecule has 1 aliphatic rings. The maximum Gasteiger partial charge on any atom is 0.316 e. The summed E-state index contributed by atoms with van der Waals surface area (Å²) in [7, 11) is 3.53. The quantitative estimate of drug-likeness (QED) is 0.864. The third-order valence-electron chi connectivity index (χ3n) is 4.93. The first-order valence-corrected chi connectivity index (χ1v) is 9.34. The summed E-state index contributed by atoms with van der Waals surface area (Å²) in [6.45, 7) is 4.63. The van der Waals surface area contributed by atoms with Gasteiger partial charge in [0.2, 0.25) is 0 Å². The molecule has 0 spiro atoms. The molecule has 2 aromatic rings. The van der Waals surface area contributed by atoms with E-state index < -0.39 is 0 Å². The lowest BCUT2D eigenvalue weighted by molar-refractivity contribution is 0.210. The lowest BCUT2D eigenvalue weighted by atomic mass is 10.0. The van der Waals surface area contributed by atoms with E-state index in [1.165, 1.54) is 11.3 Å². The zero-order valence-corrected chi connectivity index (χ0v) is 15.8. The molecule has 0 aliphatic carbocycles. The van der Waals surface area contributed by atoms with E-state index in [1.54, 1.807) is 19.0 Å². The molecular formula is C20H29N5O. The number of hydrogen-bond acceptors (Lipinski definition) is 3. The average Bonchev–Trinajstić information content (AvgIpc) is 2.99. The van der Waals surface area contributed by atoms with Crippen molar-refractivity contribution in [3.05, 3.63) is 53.9 Å². The van der Waals surface area contributed by atoms with E-state index in [0.717, 1.165) is 39.0 Å². The number of carbonyl (C=O) groups is 1. The van der Waals surface area contributed by atoms with Crippen molar-refractivity contribution in [1.82, 2.24) is 24.9 Å². The Labute approximate surface area is 155 Å². The molecule has 6 heteroatoms. The van der Waals surface area contributed by atoms with E-state index in [2.05, 4.69) is 56.4 Å². The predicted molar refractivity (Wildman–Crippen MR) is 103 cm³/mol. The Morgan fingerprint density at radius 3 is 2.81 bits per heavy atom. The van der Waals surface area contributed by atoms with E-state index in [1.807, 2.05) is 6.20 Å². The molecule has 0 bridgehead atoms. The van der Waals surface area contributed by atoms with Crippen molar-refractivity contribution in [3.8, 4) is 0 Å². The molecule has 6 nitrogen and oxygen atoms in total. The summed E-state index contributed by atoms with van der Waals surface area (Å²) in [5.74, 6) is 0.481. The zero-order valence-electron chi connectivity index (χ0n) is 15.8. The van der Waals surface area contributed by atoms with Gasteiger partial charge in [0, 0.05) is 53.0 Å². The first-order chi connectivity index (χ1) is 12.6. The first kappa shape index (κ1) is 18.5. The molecule has 140 valence electrons. The molecule has 3 rings (SSSR count). The molecule has 0 radical (unpaired) electrons. The van der Waals surface area contributed by atoms with Crippen molar-refractivity contribution in [1.29, 1.82) is 0 Å². The van der Waals surface area contributed by atoms with Crippen LogP contribution in [-0.2, 0) is 19.5 Å². The fourth-order valence-corrected chi connectivity index (χ4v) is 3.45.